The van der Waals surface area contributed by atoms with Gasteiger partial charge in [-0.15, -0.1) is 22.7 Å². The highest BCUT2D eigenvalue weighted by Crippen LogP contribution is 2.36. The second-order valence-electron chi connectivity index (χ2n) is 7.69. The Morgan fingerprint density at radius 3 is 2.53 bits per heavy atom. The minimum atomic E-state index is 0.0560. The predicted octanol–water partition coefficient (Wildman–Crippen LogP) is 4.66. The van der Waals surface area contributed by atoms with Crippen molar-refractivity contribution >= 4 is 34.5 Å². The van der Waals surface area contributed by atoms with Crippen LogP contribution in [-0.4, -0.2) is 40.0 Å². The monoisotopic (exact) mass is 461 g/mol. The van der Waals surface area contributed by atoms with E-state index >= 15 is 0 Å². The Labute approximate surface area is 195 Å². The highest BCUT2D eigenvalue weighted by molar-refractivity contribution is 7.17. The molecule has 1 saturated heterocycles. The minimum absolute atomic E-state index is 0.0560. The molecule has 1 aliphatic heterocycles. The van der Waals surface area contributed by atoms with Gasteiger partial charge in [-0.2, -0.15) is 0 Å². The lowest BCUT2D eigenvalue weighted by Gasteiger charge is -2.32. The fourth-order valence-electron chi connectivity index (χ4n) is 3.88. The van der Waals surface area contributed by atoms with Gasteiger partial charge in [-0.25, -0.2) is 15.0 Å². The number of amides is 1. The molecule has 0 saturated carbocycles. The average molecular weight is 462 g/mol. The summed E-state index contributed by atoms with van der Waals surface area (Å²) in [6.45, 7) is 1.68. The number of thiophene rings is 1. The molecule has 3 aromatic heterocycles. The Morgan fingerprint density at radius 1 is 1.03 bits per heavy atom. The molecule has 0 spiro atoms. The number of carbonyl (C=O) groups is 1. The summed E-state index contributed by atoms with van der Waals surface area (Å²) in [5.41, 5.74) is 2.01. The molecule has 162 valence electrons. The van der Waals surface area contributed by atoms with Gasteiger partial charge >= 0.3 is 0 Å². The summed E-state index contributed by atoms with van der Waals surface area (Å²) in [5.74, 6) is 0.816. The Kier molecular flexibility index (Phi) is 6.22. The number of nitrogens with one attached hydrogen (secondary N) is 1. The first-order valence-electron chi connectivity index (χ1n) is 10.7. The molecule has 0 bridgehead atoms. The van der Waals surface area contributed by atoms with Crippen LogP contribution in [0.15, 0.2) is 66.3 Å². The summed E-state index contributed by atoms with van der Waals surface area (Å²) < 4.78 is 0. The SMILES string of the molecule is O=C(Cc1sc(-c2ccccc2)nc1-c1cccs1)NC1CCN(c2ncccn2)CC1. The van der Waals surface area contributed by atoms with Gasteiger partial charge in [0, 0.05) is 42.0 Å². The van der Waals surface area contributed by atoms with Gasteiger partial charge in [-0.1, -0.05) is 36.4 Å². The van der Waals surface area contributed by atoms with Crippen molar-refractivity contribution < 1.29 is 4.79 Å². The number of carbonyl (C=O) groups excluding carboxylic acids is 1. The van der Waals surface area contributed by atoms with Gasteiger partial charge in [0.05, 0.1) is 17.0 Å². The molecule has 6 nitrogen and oxygen atoms in total. The molecule has 4 aromatic rings. The summed E-state index contributed by atoms with van der Waals surface area (Å²) in [7, 11) is 0. The number of hydrogen-bond donors (Lipinski definition) is 1. The van der Waals surface area contributed by atoms with Gasteiger partial charge in [0.15, 0.2) is 0 Å². The molecule has 1 aliphatic rings. The maximum atomic E-state index is 12.9. The Hall–Kier alpha value is -3.10. The normalized spacial score (nSPS) is 14.4. The zero-order valence-electron chi connectivity index (χ0n) is 17.5. The Bertz CT molecular complexity index is 1150. The number of aromatic nitrogens is 3. The van der Waals surface area contributed by atoms with E-state index in [-0.39, 0.29) is 11.9 Å². The molecule has 32 heavy (non-hydrogen) atoms. The van der Waals surface area contributed by atoms with Crippen LogP contribution < -0.4 is 10.2 Å². The number of rotatable bonds is 6. The Balaban J connectivity index is 1.26. The largest absolute Gasteiger partial charge is 0.353 e. The molecule has 0 unspecified atom stereocenters. The fourth-order valence-corrected chi connectivity index (χ4v) is 5.77. The second-order valence-corrected chi connectivity index (χ2v) is 9.72. The molecule has 1 amide bonds. The van der Waals surface area contributed by atoms with Crippen LogP contribution in [0, 0.1) is 0 Å². The van der Waals surface area contributed by atoms with E-state index in [1.54, 1.807) is 35.1 Å². The maximum Gasteiger partial charge on any atom is 0.225 e. The zero-order valence-corrected chi connectivity index (χ0v) is 19.1. The summed E-state index contributed by atoms with van der Waals surface area (Å²) in [6, 6.07) is 16.2. The van der Waals surface area contributed by atoms with Crippen molar-refractivity contribution in [2.45, 2.75) is 25.3 Å². The summed E-state index contributed by atoms with van der Waals surface area (Å²) in [5, 5.41) is 6.24. The molecule has 1 fully saturated rings. The predicted molar refractivity (Wildman–Crippen MR) is 130 cm³/mol. The van der Waals surface area contributed by atoms with Gasteiger partial charge in [-0.3, -0.25) is 4.79 Å². The number of anilines is 1. The zero-order chi connectivity index (χ0) is 21.8. The van der Waals surface area contributed by atoms with E-state index in [1.807, 2.05) is 35.7 Å². The molecule has 0 atom stereocenters. The van der Waals surface area contributed by atoms with Crippen LogP contribution in [0.1, 0.15) is 17.7 Å². The lowest BCUT2D eigenvalue weighted by atomic mass is 10.0. The van der Waals surface area contributed by atoms with E-state index < -0.39 is 0 Å². The van der Waals surface area contributed by atoms with Crippen LogP contribution in [0.3, 0.4) is 0 Å². The number of benzene rings is 1. The molecule has 5 rings (SSSR count). The van der Waals surface area contributed by atoms with Gasteiger partial charge in [-0.05, 0) is 30.4 Å². The highest BCUT2D eigenvalue weighted by atomic mass is 32.1. The van der Waals surface area contributed by atoms with Crippen molar-refractivity contribution in [1.29, 1.82) is 0 Å². The first-order valence-corrected chi connectivity index (χ1v) is 12.4. The molecule has 0 aliphatic carbocycles. The van der Waals surface area contributed by atoms with Crippen molar-refractivity contribution in [2.75, 3.05) is 18.0 Å². The average Bonchev–Trinajstić information content (AvgIpc) is 3.51. The van der Waals surface area contributed by atoms with E-state index in [9.17, 15) is 4.79 Å². The van der Waals surface area contributed by atoms with Crippen molar-refractivity contribution in [1.82, 2.24) is 20.3 Å². The van der Waals surface area contributed by atoms with Crippen molar-refractivity contribution in [3.8, 4) is 21.1 Å². The Morgan fingerprint density at radius 2 is 1.81 bits per heavy atom. The topological polar surface area (TPSA) is 71.0 Å². The summed E-state index contributed by atoms with van der Waals surface area (Å²) >= 11 is 3.26. The quantitative estimate of drug-likeness (QED) is 0.452. The van der Waals surface area contributed by atoms with Crippen LogP contribution >= 0.6 is 22.7 Å². The minimum Gasteiger partial charge on any atom is -0.353 e. The number of piperidine rings is 1. The molecular weight excluding hydrogens is 438 g/mol. The number of nitrogens with zero attached hydrogens (tertiary/aromatic N) is 4. The second kappa shape index (κ2) is 9.58. The standard InChI is InChI=1S/C24H23N5OS2/c30-21(27-18-9-13-29(14-10-18)24-25-11-5-12-26-24)16-20-22(19-8-4-15-31-19)28-23(32-20)17-6-2-1-3-7-17/h1-8,11-12,15,18H,9-10,13-14,16H2,(H,27,30). The number of thiazole rings is 1. The first kappa shape index (κ1) is 20.8. The molecule has 1 N–H and O–H groups in total. The van der Waals surface area contributed by atoms with E-state index in [4.69, 9.17) is 4.98 Å². The van der Waals surface area contributed by atoms with Gasteiger partial charge < -0.3 is 10.2 Å². The van der Waals surface area contributed by atoms with Crippen LogP contribution in [0.2, 0.25) is 0 Å². The third kappa shape index (κ3) is 4.71. The number of hydrogen-bond acceptors (Lipinski definition) is 7. The van der Waals surface area contributed by atoms with Crippen LogP contribution in [-0.2, 0) is 11.2 Å². The lowest BCUT2D eigenvalue weighted by molar-refractivity contribution is -0.121. The third-order valence-corrected chi connectivity index (χ3v) is 7.47. The molecule has 4 heterocycles. The maximum absolute atomic E-state index is 12.9. The smallest absolute Gasteiger partial charge is 0.225 e. The van der Waals surface area contributed by atoms with Crippen molar-refractivity contribution in [2.24, 2.45) is 0 Å². The van der Waals surface area contributed by atoms with E-state index in [0.717, 1.165) is 57.9 Å². The van der Waals surface area contributed by atoms with E-state index in [0.29, 0.717) is 6.42 Å². The highest BCUT2D eigenvalue weighted by Gasteiger charge is 2.23. The fraction of sp³-hybridized carbons (Fsp3) is 0.250. The summed E-state index contributed by atoms with van der Waals surface area (Å²) in [4.78, 5) is 30.8. The van der Waals surface area contributed by atoms with Gasteiger partial charge in [0.25, 0.3) is 0 Å². The van der Waals surface area contributed by atoms with Gasteiger partial charge in [0.1, 0.15) is 5.01 Å². The van der Waals surface area contributed by atoms with Crippen LogP contribution in [0.25, 0.3) is 21.1 Å². The van der Waals surface area contributed by atoms with Crippen molar-refractivity contribution in [3.05, 3.63) is 71.2 Å². The molecule has 8 heteroatoms. The van der Waals surface area contributed by atoms with E-state index in [2.05, 4.69) is 38.4 Å². The van der Waals surface area contributed by atoms with Crippen molar-refractivity contribution in [3.63, 3.8) is 0 Å². The van der Waals surface area contributed by atoms with E-state index in [1.165, 1.54) is 0 Å². The molecule has 0 radical (unpaired) electrons. The third-order valence-electron chi connectivity index (χ3n) is 5.49. The van der Waals surface area contributed by atoms with Crippen LogP contribution in [0.5, 0.6) is 0 Å². The summed E-state index contributed by atoms with van der Waals surface area (Å²) in [6.07, 6.45) is 5.65. The molecule has 1 aromatic carbocycles. The lowest BCUT2D eigenvalue weighted by Crippen LogP contribution is -2.45. The first-order chi connectivity index (χ1) is 15.8. The molecular formula is C24H23N5OS2. The van der Waals surface area contributed by atoms with Crippen LogP contribution in [0.4, 0.5) is 5.95 Å². The van der Waals surface area contributed by atoms with Gasteiger partial charge in [0.2, 0.25) is 11.9 Å².